The van der Waals surface area contributed by atoms with Crippen molar-refractivity contribution < 1.29 is 9.53 Å². The van der Waals surface area contributed by atoms with Crippen molar-refractivity contribution in [1.82, 2.24) is 10.2 Å². The van der Waals surface area contributed by atoms with Crippen molar-refractivity contribution in [2.45, 2.75) is 38.0 Å². The highest BCUT2D eigenvalue weighted by atomic mass is 16.5. The molecule has 2 aliphatic heterocycles. The second-order valence-corrected chi connectivity index (χ2v) is 4.09. The third-order valence-corrected chi connectivity index (χ3v) is 3.16. The SMILES string of the molecule is CO[C@@H]1NC(=O)C[C@H]1N1CCCCC1. The van der Waals surface area contributed by atoms with Crippen LogP contribution in [0, 0.1) is 0 Å². The van der Waals surface area contributed by atoms with E-state index in [1.807, 2.05) is 0 Å². The Kier molecular flexibility index (Phi) is 3.03. The van der Waals surface area contributed by atoms with Crippen molar-refractivity contribution in [2.75, 3.05) is 20.2 Å². The summed E-state index contributed by atoms with van der Waals surface area (Å²) < 4.78 is 5.27. The Labute approximate surface area is 84.6 Å². The monoisotopic (exact) mass is 198 g/mol. The molecular formula is C10H18N2O2. The molecule has 1 amide bonds. The lowest BCUT2D eigenvalue weighted by molar-refractivity contribution is -0.120. The van der Waals surface area contributed by atoms with Crippen LogP contribution in [0.15, 0.2) is 0 Å². The lowest BCUT2D eigenvalue weighted by Crippen LogP contribution is -2.46. The van der Waals surface area contributed by atoms with Crippen LogP contribution in [0.25, 0.3) is 0 Å². The number of nitrogens with one attached hydrogen (secondary N) is 1. The van der Waals surface area contributed by atoms with E-state index in [0.717, 1.165) is 13.1 Å². The largest absolute Gasteiger partial charge is 0.360 e. The van der Waals surface area contributed by atoms with Crippen molar-refractivity contribution in [1.29, 1.82) is 0 Å². The van der Waals surface area contributed by atoms with Crippen molar-refractivity contribution >= 4 is 5.91 Å². The predicted molar refractivity (Wildman–Crippen MR) is 52.8 cm³/mol. The molecule has 2 rings (SSSR count). The summed E-state index contributed by atoms with van der Waals surface area (Å²) in [5, 5.41) is 2.85. The summed E-state index contributed by atoms with van der Waals surface area (Å²) in [5.41, 5.74) is 0. The molecule has 0 aliphatic carbocycles. The van der Waals surface area contributed by atoms with Gasteiger partial charge in [-0.3, -0.25) is 9.69 Å². The molecule has 0 radical (unpaired) electrons. The number of hydrogen-bond donors (Lipinski definition) is 1. The summed E-state index contributed by atoms with van der Waals surface area (Å²) >= 11 is 0. The van der Waals surface area contributed by atoms with Gasteiger partial charge in [-0.05, 0) is 25.9 Å². The van der Waals surface area contributed by atoms with E-state index in [-0.39, 0.29) is 18.2 Å². The minimum Gasteiger partial charge on any atom is -0.360 e. The van der Waals surface area contributed by atoms with E-state index < -0.39 is 0 Å². The Morgan fingerprint density at radius 2 is 2.07 bits per heavy atom. The van der Waals surface area contributed by atoms with E-state index in [4.69, 9.17) is 4.74 Å². The molecular weight excluding hydrogens is 180 g/mol. The number of nitrogens with zero attached hydrogens (tertiary/aromatic N) is 1. The fraction of sp³-hybridized carbons (Fsp3) is 0.900. The standard InChI is InChI=1S/C10H18N2O2/c1-14-10-8(7-9(13)11-10)12-5-3-2-4-6-12/h8,10H,2-7H2,1H3,(H,11,13)/t8-,10+/m1/s1. The molecule has 0 aromatic rings. The fourth-order valence-electron chi connectivity index (χ4n) is 2.40. The molecule has 14 heavy (non-hydrogen) atoms. The Morgan fingerprint density at radius 3 is 2.71 bits per heavy atom. The molecule has 80 valence electrons. The van der Waals surface area contributed by atoms with Gasteiger partial charge in [-0.15, -0.1) is 0 Å². The highest BCUT2D eigenvalue weighted by molar-refractivity contribution is 5.79. The van der Waals surface area contributed by atoms with Gasteiger partial charge in [0.1, 0.15) is 6.23 Å². The second kappa shape index (κ2) is 4.28. The van der Waals surface area contributed by atoms with Crippen molar-refractivity contribution in [3.63, 3.8) is 0 Å². The van der Waals surface area contributed by atoms with Crippen molar-refractivity contribution in [2.24, 2.45) is 0 Å². The second-order valence-electron chi connectivity index (χ2n) is 4.09. The molecule has 2 aliphatic rings. The number of methoxy groups -OCH3 is 1. The van der Waals surface area contributed by atoms with Gasteiger partial charge in [0.15, 0.2) is 0 Å². The summed E-state index contributed by atoms with van der Waals surface area (Å²) in [7, 11) is 1.66. The average molecular weight is 198 g/mol. The van der Waals surface area contributed by atoms with Crippen LogP contribution in [-0.4, -0.2) is 43.3 Å². The molecule has 0 aromatic heterocycles. The van der Waals surface area contributed by atoms with E-state index in [0.29, 0.717) is 6.42 Å². The summed E-state index contributed by atoms with van der Waals surface area (Å²) in [5.74, 6) is 0.118. The van der Waals surface area contributed by atoms with Crippen LogP contribution in [0.5, 0.6) is 0 Å². The van der Waals surface area contributed by atoms with Gasteiger partial charge in [-0.1, -0.05) is 6.42 Å². The molecule has 0 saturated carbocycles. The number of carbonyl (C=O) groups is 1. The first-order chi connectivity index (χ1) is 6.81. The average Bonchev–Trinajstić information content (AvgIpc) is 2.61. The maximum absolute atomic E-state index is 11.2. The molecule has 0 spiro atoms. The minimum absolute atomic E-state index is 0.0967. The number of rotatable bonds is 2. The number of carbonyl (C=O) groups excluding carboxylic acids is 1. The highest BCUT2D eigenvalue weighted by Crippen LogP contribution is 2.20. The first-order valence-electron chi connectivity index (χ1n) is 5.37. The summed E-state index contributed by atoms with van der Waals surface area (Å²) in [4.78, 5) is 13.6. The first kappa shape index (κ1) is 9.93. The van der Waals surface area contributed by atoms with Gasteiger partial charge < -0.3 is 10.1 Å². The van der Waals surface area contributed by atoms with Crippen LogP contribution in [0.3, 0.4) is 0 Å². The normalized spacial score (nSPS) is 34.5. The van der Waals surface area contributed by atoms with Crippen LogP contribution < -0.4 is 5.32 Å². The van der Waals surface area contributed by atoms with Gasteiger partial charge in [0.05, 0.1) is 6.04 Å². The Bertz CT molecular complexity index is 214. The zero-order valence-electron chi connectivity index (χ0n) is 8.66. The molecule has 2 saturated heterocycles. The Hall–Kier alpha value is -0.610. The summed E-state index contributed by atoms with van der Waals surface area (Å²) in [6.45, 7) is 2.22. The van der Waals surface area contributed by atoms with E-state index >= 15 is 0 Å². The molecule has 2 fully saturated rings. The van der Waals surface area contributed by atoms with Crippen LogP contribution >= 0.6 is 0 Å². The highest BCUT2D eigenvalue weighted by Gasteiger charge is 2.36. The predicted octanol–water partition coefficient (Wildman–Crippen LogP) is 0.333. The van der Waals surface area contributed by atoms with E-state index in [9.17, 15) is 4.79 Å². The van der Waals surface area contributed by atoms with Crippen LogP contribution in [-0.2, 0) is 9.53 Å². The number of likely N-dealkylation sites (tertiary alicyclic amines) is 1. The van der Waals surface area contributed by atoms with E-state index in [1.165, 1.54) is 19.3 Å². The number of ether oxygens (including phenoxy) is 1. The third-order valence-electron chi connectivity index (χ3n) is 3.16. The molecule has 4 nitrogen and oxygen atoms in total. The number of piperidine rings is 1. The van der Waals surface area contributed by atoms with Gasteiger partial charge in [0.25, 0.3) is 0 Å². The van der Waals surface area contributed by atoms with E-state index in [1.54, 1.807) is 7.11 Å². The molecule has 2 heterocycles. The fourth-order valence-corrected chi connectivity index (χ4v) is 2.40. The topological polar surface area (TPSA) is 41.6 Å². The van der Waals surface area contributed by atoms with E-state index in [2.05, 4.69) is 10.2 Å². The van der Waals surface area contributed by atoms with Gasteiger partial charge in [0.2, 0.25) is 5.91 Å². The van der Waals surface area contributed by atoms with Gasteiger partial charge in [-0.25, -0.2) is 0 Å². The van der Waals surface area contributed by atoms with Gasteiger partial charge in [-0.2, -0.15) is 0 Å². The molecule has 4 heteroatoms. The van der Waals surface area contributed by atoms with Crippen molar-refractivity contribution in [3.05, 3.63) is 0 Å². The van der Waals surface area contributed by atoms with Crippen LogP contribution in [0.1, 0.15) is 25.7 Å². The number of amides is 1. The molecule has 0 bridgehead atoms. The third kappa shape index (κ3) is 1.91. The minimum atomic E-state index is -0.0967. The lowest BCUT2D eigenvalue weighted by Gasteiger charge is -2.33. The summed E-state index contributed by atoms with van der Waals surface area (Å²) in [6.07, 6.45) is 4.32. The number of hydrogen-bond acceptors (Lipinski definition) is 3. The lowest BCUT2D eigenvalue weighted by atomic mass is 10.1. The smallest absolute Gasteiger partial charge is 0.223 e. The Morgan fingerprint density at radius 1 is 1.36 bits per heavy atom. The molecule has 0 unspecified atom stereocenters. The molecule has 2 atom stereocenters. The van der Waals surface area contributed by atoms with Crippen LogP contribution in [0.2, 0.25) is 0 Å². The summed E-state index contributed by atoms with van der Waals surface area (Å²) in [6, 6.07) is 0.257. The van der Waals surface area contributed by atoms with Gasteiger partial charge in [0, 0.05) is 13.5 Å². The molecule has 0 aromatic carbocycles. The first-order valence-corrected chi connectivity index (χ1v) is 5.37. The maximum Gasteiger partial charge on any atom is 0.223 e. The quantitative estimate of drug-likeness (QED) is 0.695. The van der Waals surface area contributed by atoms with Gasteiger partial charge >= 0.3 is 0 Å². The van der Waals surface area contributed by atoms with Crippen molar-refractivity contribution in [3.8, 4) is 0 Å². The Balaban J connectivity index is 1.97. The maximum atomic E-state index is 11.2. The molecule has 1 N–H and O–H groups in total. The van der Waals surface area contributed by atoms with Crippen LogP contribution in [0.4, 0.5) is 0 Å². The zero-order chi connectivity index (χ0) is 9.97. The zero-order valence-corrected chi connectivity index (χ0v) is 8.66.